The zero-order chi connectivity index (χ0) is 17.0. The molecule has 0 radical (unpaired) electrons. The van der Waals surface area contributed by atoms with Crippen LogP contribution in [0.3, 0.4) is 0 Å². The second-order valence-corrected chi connectivity index (χ2v) is 4.81. The van der Waals surface area contributed by atoms with E-state index in [1.807, 2.05) is 13.0 Å². The number of benzene rings is 2. The highest BCUT2D eigenvalue weighted by molar-refractivity contribution is 5.95. The number of nitrogens with one attached hydrogen (secondary N) is 1. The molecule has 2 rings (SSSR count). The number of halogens is 3. The number of carbonyl (C=O) groups excluding carboxylic acids is 1. The molecular weight excluding hydrogens is 309 g/mol. The second kappa shape index (κ2) is 6.51. The Morgan fingerprint density at radius 2 is 1.91 bits per heavy atom. The number of hydrazone groups is 1. The van der Waals surface area contributed by atoms with E-state index in [-0.39, 0.29) is 5.56 Å². The van der Waals surface area contributed by atoms with Crippen LogP contribution in [0.25, 0.3) is 0 Å². The second-order valence-electron chi connectivity index (χ2n) is 4.81. The summed E-state index contributed by atoms with van der Waals surface area (Å²) in [6, 6.07) is 9.91. The summed E-state index contributed by atoms with van der Waals surface area (Å²) in [4.78, 5) is 11.8. The van der Waals surface area contributed by atoms with Crippen LogP contribution in [-0.2, 0) is 6.18 Å². The molecule has 120 valence electrons. The molecule has 0 bridgehead atoms. The van der Waals surface area contributed by atoms with Gasteiger partial charge in [0.15, 0.2) is 0 Å². The van der Waals surface area contributed by atoms with E-state index < -0.39 is 23.4 Å². The minimum absolute atomic E-state index is 0.149. The Hall–Kier alpha value is -2.83. The van der Waals surface area contributed by atoms with Crippen LogP contribution in [0.2, 0.25) is 0 Å². The fraction of sp³-hybridized carbons (Fsp3) is 0.125. The molecule has 2 N–H and O–H groups in total. The molecule has 7 heteroatoms. The maximum Gasteiger partial charge on any atom is 0.419 e. The van der Waals surface area contributed by atoms with E-state index in [1.165, 1.54) is 6.07 Å². The molecular formula is C16H13F3N2O2. The predicted octanol–water partition coefficient (Wildman–Crippen LogP) is 3.48. The van der Waals surface area contributed by atoms with Crippen LogP contribution in [0.5, 0.6) is 5.75 Å². The number of nitrogens with zero attached hydrogens (tertiary/aromatic N) is 1. The van der Waals surface area contributed by atoms with Crippen LogP contribution < -0.4 is 5.43 Å². The molecule has 23 heavy (non-hydrogen) atoms. The third-order valence-electron chi connectivity index (χ3n) is 3.02. The van der Waals surface area contributed by atoms with Gasteiger partial charge in [-0.05, 0) is 31.2 Å². The maximum atomic E-state index is 12.7. The van der Waals surface area contributed by atoms with E-state index >= 15 is 0 Å². The van der Waals surface area contributed by atoms with Gasteiger partial charge in [-0.2, -0.15) is 18.3 Å². The van der Waals surface area contributed by atoms with Gasteiger partial charge in [0.25, 0.3) is 5.91 Å². The Morgan fingerprint density at radius 3 is 2.57 bits per heavy atom. The van der Waals surface area contributed by atoms with Crippen LogP contribution >= 0.6 is 0 Å². The van der Waals surface area contributed by atoms with Gasteiger partial charge in [-0.25, -0.2) is 5.43 Å². The summed E-state index contributed by atoms with van der Waals surface area (Å²) < 4.78 is 38.0. The first-order valence-corrected chi connectivity index (χ1v) is 6.58. The Bertz CT molecular complexity index is 755. The Balaban J connectivity index is 2.14. The Morgan fingerprint density at radius 1 is 1.22 bits per heavy atom. The topological polar surface area (TPSA) is 61.7 Å². The fourth-order valence-corrected chi connectivity index (χ4v) is 1.91. The van der Waals surface area contributed by atoms with Gasteiger partial charge in [-0.3, -0.25) is 4.79 Å². The van der Waals surface area contributed by atoms with Crippen LogP contribution in [0, 0.1) is 6.92 Å². The molecule has 0 saturated heterocycles. The average molecular weight is 322 g/mol. The van der Waals surface area contributed by atoms with Crippen molar-refractivity contribution < 1.29 is 23.1 Å². The van der Waals surface area contributed by atoms with Gasteiger partial charge >= 0.3 is 6.18 Å². The minimum atomic E-state index is -4.67. The monoisotopic (exact) mass is 322 g/mol. The van der Waals surface area contributed by atoms with E-state index in [1.54, 1.807) is 18.2 Å². The minimum Gasteiger partial charge on any atom is -0.507 e. The molecule has 0 atom stereocenters. The molecule has 0 heterocycles. The molecule has 0 aliphatic carbocycles. The van der Waals surface area contributed by atoms with Crippen molar-refractivity contribution in [1.29, 1.82) is 0 Å². The van der Waals surface area contributed by atoms with Crippen molar-refractivity contribution in [2.75, 3.05) is 0 Å². The number of aryl methyl sites for hydroxylation is 1. The molecule has 1 amide bonds. The van der Waals surface area contributed by atoms with Gasteiger partial charge in [0.2, 0.25) is 0 Å². The number of alkyl halides is 3. The summed E-state index contributed by atoms with van der Waals surface area (Å²) in [5.74, 6) is -1.44. The predicted molar refractivity (Wildman–Crippen MR) is 79.3 cm³/mol. The Kier molecular flexibility index (Phi) is 4.68. The van der Waals surface area contributed by atoms with Crippen molar-refractivity contribution in [3.05, 3.63) is 64.7 Å². The highest BCUT2D eigenvalue weighted by atomic mass is 19.4. The molecule has 0 aromatic heterocycles. The first-order chi connectivity index (χ1) is 10.8. The van der Waals surface area contributed by atoms with Crippen LogP contribution in [0.15, 0.2) is 47.6 Å². The average Bonchev–Trinajstić information content (AvgIpc) is 2.47. The van der Waals surface area contributed by atoms with Crippen molar-refractivity contribution in [2.24, 2.45) is 5.10 Å². The molecule has 0 fully saturated rings. The standard InChI is InChI=1S/C16H13F3N2O2/c1-10-4-2-5-11(8-10)15(23)21-20-9-12-6-3-7-13(14(12)22)16(17,18)19/h2-9,22H,1H3,(H,21,23)/b20-9+. The van der Waals surface area contributed by atoms with Gasteiger partial charge in [-0.1, -0.05) is 23.8 Å². The number of hydrogen-bond donors (Lipinski definition) is 2. The number of aromatic hydroxyl groups is 1. The molecule has 0 aliphatic heterocycles. The largest absolute Gasteiger partial charge is 0.507 e. The van der Waals surface area contributed by atoms with Crippen molar-refractivity contribution in [1.82, 2.24) is 5.43 Å². The van der Waals surface area contributed by atoms with E-state index in [4.69, 9.17) is 0 Å². The van der Waals surface area contributed by atoms with Crippen molar-refractivity contribution in [3.8, 4) is 5.75 Å². The lowest BCUT2D eigenvalue weighted by Crippen LogP contribution is -2.17. The molecule has 2 aromatic rings. The molecule has 4 nitrogen and oxygen atoms in total. The zero-order valence-electron chi connectivity index (χ0n) is 12.1. The van der Waals surface area contributed by atoms with Crippen molar-refractivity contribution >= 4 is 12.1 Å². The first-order valence-electron chi connectivity index (χ1n) is 6.58. The molecule has 0 spiro atoms. The van der Waals surface area contributed by atoms with Crippen molar-refractivity contribution in [2.45, 2.75) is 13.1 Å². The number of para-hydroxylation sites is 1. The smallest absolute Gasteiger partial charge is 0.419 e. The van der Waals surface area contributed by atoms with E-state index in [0.717, 1.165) is 23.9 Å². The van der Waals surface area contributed by atoms with Crippen LogP contribution in [0.4, 0.5) is 13.2 Å². The summed E-state index contributed by atoms with van der Waals surface area (Å²) in [6.07, 6.45) is -3.71. The van der Waals surface area contributed by atoms with Crippen molar-refractivity contribution in [3.63, 3.8) is 0 Å². The number of phenolic OH excluding ortho intramolecular Hbond substituents is 1. The van der Waals surface area contributed by atoms with Gasteiger partial charge in [-0.15, -0.1) is 0 Å². The summed E-state index contributed by atoms with van der Waals surface area (Å²) in [5.41, 5.74) is 2.15. The molecule has 2 aromatic carbocycles. The van der Waals surface area contributed by atoms with Gasteiger partial charge in [0, 0.05) is 11.1 Å². The molecule has 0 aliphatic rings. The number of hydrogen-bond acceptors (Lipinski definition) is 3. The summed E-state index contributed by atoms with van der Waals surface area (Å²) >= 11 is 0. The number of amides is 1. The van der Waals surface area contributed by atoms with Gasteiger partial charge < -0.3 is 5.11 Å². The van der Waals surface area contributed by atoms with Gasteiger partial charge in [0.05, 0.1) is 11.8 Å². The lowest BCUT2D eigenvalue weighted by Gasteiger charge is -2.10. The van der Waals surface area contributed by atoms with Crippen LogP contribution in [-0.4, -0.2) is 17.2 Å². The lowest BCUT2D eigenvalue weighted by atomic mass is 10.1. The quantitative estimate of drug-likeness (QED) is 0.671. The summed E-state index contributed by atoms with van der Waals surface area (Å²) in [5, 5.41) is 13.2. The third-order valence-corrected chi connectivity index (χ3v) is 3.02. The van der Waals surface area contributed by atoms with Crippen LogP contribution in [0.1, 0.15) is 27.0 Å². The number of carbonyl (C=O) groups is 1. The normalized spacial score (nSPS) is 11.7. The zero-order valence-corrected chi connectivity index (χ0v) is 12.1. The Labute approximate surface area is 130 Å². The van der Waals surface area contributed by atoms with E-state index in [9.17, 15) is 23.1 Å². The SMILES string of the molecule is Cc1cccc(C(=O)N/N=C/c2cccc(C(F)(F)F)c2O)c1. The van der Waals surface area contributed by atoms with E-state index in [2.05, 4.69) is 10.5 Å². The lowest BCUT2D eigenvalue weighted by molar-refractivity contribution is -0.138. The number of rotatable bonds is 3. The third kappa shape index (κ3) is 4.09. The molecule has 0 unspecified atom stereocenters. The summed E-state index contributed by atoms with van der Waals surface area (Å²) in [6.45, 7) is 1.82. The number of phenols is 1. The molecule has 0 saturated carbocycles. The summed E-state index contributed by atoms with van der Waals surface area (Å²) in [7, 11) is 0. The highest BCUT2D eigenvalue weighted by Crippen LogP contribution is 2.36. The van der Waals surface area contributed by atoms with Gasteiger partial charge in [0.1, 0.15) is 5.75 Å². The highest BCUT2D eigenvalue weighted by Gasteiger charge is 2.34. The first kappa shape index (κ1) is 16.5. The van der Waals surface area contributed by atoms with E-state index in [0.29, 0.717) is 5.56 Å². The fourth-order valence-electron chi connectivity index (χ4n) is 1.91. The maximum absolute atomic E-state index is 12.7.